The van der Waals surface area contributed by atoms with Gasteiger partial charge in [0.15, 0.2) is 0 Å². The Bertz CT molecular complexity index is 288. The maximum Gasteiger partial charge on any atom is 0.338 e. The van der Waals surface area contributed by atoms with Crippen molar-refractivity contribution < 1.29 is 8.85 Å². The highest BCUT2D eigenvalue weighted by atomic mass is 28.4. The van der Waals surface area contributed by atoms with Crippen LogP contribution in [-0.4, -0.2) is 21.8 Å². The Morgan fingerprint density at radius 3 is 1.14 bits per heavy atom. The van der Waals surface area contributed by atoms with E-state index in [1.54, 1.807) is 0 Å². The van der Waals surface area contributed by atoms with Crippen LogP contribution < -0.4 is 0 Å². The third-order valence-corrected chi connectivity index (χ3v) is 9.52. The fraction of sp³-hybridized carbons (Fsp3) is 1.00. The summed E-state index contributed by atoms with van der Waals surface area (Å²) in [7, 11) is -1.94. The molecule has 0 amide bonds. The summed E-state index contributed by atoms with van der Waals surface area (Å²) in [4.78, 5) is 0. The highest BCUT2D eigenvalue weighted by Crippen LogP contribution is 2.25. The molecule has 0 aromatic carbocycles. The Balaban J connectivity index is 3.70. The summed E-state index contributed by atoms with van der Waals surface area (Å²) in [5.41, 5.74) is 0. The molecule has 0 spiro atoms. The highest BCUT2D eigenvalue weighted by molar-refractivity contribution is 6.67. The lowest BCUT2D eigenvalue weighted by Gasteiger charge is -2.30. The third kappa shape index (κ3) is 17.0. The Morgan fingerprint density at radius 2 is 0.786 bits per heavy atom. The minimum atomic E-state index is -1.94. The molecule has 0 N–H and O–H groups in total. The van der Waals surface area contributed by atoms with Gasteiger partial charge in [-0.3, -0.25) is 0 Å². The van der Waals surface area contributed by atoms with Gasteiger partial charge in [0.25, 0.3) is 0 Å². The second kappa shape index (κ2) is 21.8. The Hall–Kier alpha value is 0.137. The standard InChI is InChI=1S/C25H54O2Si/c1-5-9-10-11-12-13-14-15-16-17-18-19-20-21-25-28(24-8-4,26-22-6-2)27-23-7-3/h5-25H2,1-4H3. The monoisotopic (exact) mass is 414 g/mol. The second-order valence-corrected chi connectivity index (χ2v) is 12.1. The zero-order valence-electron chi connectivity index (χ0n) is 20.2. The van der Waals surface area contributed by atoms with Gasteiger partial charge >= 0.3 is 8.56 Å². The van der Waals surface area contributed by atoms with Gasteiger partial charge < -0.3 is 8.85 Å². The molecule has 0 rings (SSSR count). The Kier molecular flexibility index (Phi) is 21.9. The van der Waals surface area contributed by atoms with E-state index in [2.05, 4.69) is 27.7 Å². The predicted octanol–water partition coefficient (Wildman–Crippen LogP) is 9.17. The largest absolute Gasteiger partial charge is 0.394 e. The Morgan fingerprint density at radius 1 is 0.393 bits per heavy atom. The molecule has 170 valence electrons. The topological polar surface area (TPSA) is 18.5 Å². The molecule has 28 heavy (non-hydrogen) atoms. The summed E-state index contributed by atoms with van der Waals surface area (Å²) < 4.78 is 12.7. The summed E-state index contributed by atoms with van der Waals surface area (Å²) in [6.45, 7) is 10.7. The molecule has 0 saturated heterocycles. The molecule has 0 unspecified atom stereocenters. The van der Waals surface area contributed by atoms with E-state index in [0.717, 1.165) is 26.1 Å². The molecule has 0 atom stereocenters. The summed E-state index contributed by atoms with van der Waals surface area (Å²) in [5, 5.41) is 0. The van der Waals surface area contributed by atoms with Crippen molar-refractivity contribution in [1.82, 2.24) is 0 Å². The van der Waals surface area contributed by atoms with E-state index in [9.17, 15) is 0 Å². The van der Waals surface area contributed by atoms with Crippen LogP contribution in [0.5, 0.6) is 0 Å². The lowest BCUT2D eigenvalue weighted by molar-refractivity contribution is 0.165. The summed E-state index contributed by atoms with van der Waals surface area (Å²) in [5.74, 6) is 0. The SMILES string of the molecule is CCCCCCCCCCCCCCCC[Si](CCC)(OCCC)OCCC. The molecule has 0 aromatic rings. The van der Waals surface area contributed by atoms with Crippen LogP contribution in [0.15, 0.2) is 0 Å². The molecule has 0 heterocycles. The van der Waals surface area contributed by atoms with Gasteiger partial charge in [-0.2, -0.15) is 0 Å². The zero-order chi connectivity index (χ0) is 20.8. The van der Waals surface area contributed by atoms with Crippen LogP contribution in [0.25, 0.3) is 0 Å². The average molecular weight is 415 g/mol. The number of hydrogen-bond donors (Lipinski definition) is 0. The predicted molar refractivity (Wildman–Crippen MR) is 128 cm³/mol. The minimum absolute atomic E-state index is 0.883. The first kappa shape index (κ1) is 28.1. The fourth-order valence-electron chi connectivity index (χ4n) is 4.00. The number of rotatable bonds is 23. The molecule has 0 radical (unpaired) electrons. The summed E-state index contributed by atoms with van der Waals surface area (Å²) >= 11 is 0. The summed E-state index contributed by atoms with van der Waals surface area (Å²) in [6, 6.07) is 2.38. The van der Waals surface area contributed by atoms with Crippen LogP contribution in [0.1, 0.15) is 137 Å². The molecular weight excluding hydrogens is 360 g/mol. The maximum atomic E-state index is 6.35. The van der Waals surface area contributed by atoms with Crippen LogP contribution in [0.4, 0.5) is 0 Å². The molecule has 0 aliphatic rings. The van der Waals surface area contributed by atoms with E-state index in [1.165, 1.54) is 108 Å². The van der Waals surface area contributed by atoms with Gasteiger partial charge in [0, 0.05) is 13.2 Å². The quantitative estimate of drug-likeness (QED) is 0.122. The van der Waals surface area contributed by atoms with E-state index in [0.29, 0.717) is 0 Å². The fourth-order valence-corrected chi connectivity index (χ4v) is 7.61. The smallest absolute Gasteiger partial charge is 0.338 e. The lowest BCUT2D eigenvalue weighted by Crippen LogP contribution is -2.42. The molecule has 2 nitrogen and oxygen atoms in total. The van der Waals surface area contributed by atoms with E-state index >= 15 is 0 Å². The van der Waals surface area contributed by atoms with Crippen molar-refractivity contribution in [2.45, 2.75) is 149 Å². The molecular formula is C25H54O2Si. The zero-order valence-corrected chi connectivity index (χ0v) is 21.2. The van der Waals surface area contributed by atoms with Crippen LogP contribution in [0.2, 0.25) is 12.1 Å². The number of unbranched alkanes of at least 4 members (excludes halogenated alkanes) is 13. The first-order chi connectivity index (χ1) is 13.7. The van der Waals surface area contributed by atoms with Crippen LogP contribution >= 0.6 is 0 Å². The van der Waals surface area contributed by atoms with Crippen LogP contribution in [0.3, 0.4) is 0 Å². The van der Waals surface area contributed by atoms with E-state index in [-0.39, 0.29) is 0 Å². The second-order valence-electron chi connectivity index (χ2n) is 8.70. The lowest BCUT2D eigenvalue weighted by atomic mass is 10.0. The summed E-state index contributed by atoms with van der Waals surface area (Å²) in [6.07, 6.45) is 23.3. The van der Waals surface area contributed by atoms with Crippen LogP contribution in [-0.2, 0) is 8.85 Å². The van der Waals surface area contributed by atoms with Crippen molar-refractivity contribution in [3.8, 4) is 0 Å². The van der Waals surface area contributed by atoms with Crippen LogP contribution in [0, 0.1) is 0 Å². The Labute approximate surface area is 179 Å². The first-order valence-corrected chi connectivity index (χ1v) is 15.3. The molecule has 0 saturated carbocycles. The maximum absolute atomic E-state index is 6.35. The van der Waals surface area contributed by atoms with E-state index < -0.39 is 8.56 Å². The van der Waals surface area contributed by atoms with Gasteiger partial charge in [-0.05, 0) is 24.9 Å². The van der Waals surface area contributed by atoms with Crippen molar-refractivity contribution in [2.75, 3.05) is 13.2 Å². The van der Waals surface area contributed by atoms with E-state index in [1.807, 2.05) is 0 Å². The molecule has 0 aliphatic heterocycles. The first-order valence-electron chi connectivity index (χ1n) is 13.0. The average Bonchev–Trinajstić information content (AvgIpc) is 2.71. The van der Waals surface area contributed by atoms with Crippen molar-refractivity contribution in [3.63, 3.8) is 0 Å². The minimum Gasteiger partial charge on any atom is -0.394 e. The van der Waals surface area contributed by atoms with Gasteiger partial charge in [0.1, 0.15) is 0 Å². The molecule has 0 aromatic heterocycles. The molecule has 0 bridgehead atoms. The normalized spacial score (nSPS) is 12.0. The van der Waals surface area contributed by atoms with Crippen molar-refractivity contribution >= 4 is 8.56 Å². The third-order valence-electron chi connectivity index (χ3n) is 5.68. The molecule has 0 fully saturated rings. The van der Waals surface area contributed by atoms with Gasteiger partial charge in [-0.1, -0.05) is 124 Å². The van der Waals surface area contributed by atoms with Crippen molar-refractivity contribution in [3.05, 3.63) is 0 Å². The number of hydrogen-bond acceptors (Lipinski definition) is 2. The van der Waals surface area contributed by atoms with Gasteiger partial charge in [-0.15, -0.1) is 0 Å². The van der Waals surface area contributed by atoms with E-state index in [4.69, 9.17) is 8.85 Å². The van der Waals surface area contributed by atoms with Gasteiger partial charge in [-0.25, -0.2) is 0 Å². The molecule has 3 heteroatoms. The van der Waals surface area contributed by atoms with Crippen molar-refractivity contribution in [1.29, 1.82) is 0 Å². The van der Waals surface area contributed by atoms with Gasteiger partial charge in [0.05, 0.1) is 0 Å². The highest BCUT2D eigenvalue weighted by Gasteiger charge is 2.35. The molecule has 0 aliphatic carbocycles. The van der Waals surface area contributed by atoms with Gasteiger partial charge in [0.2, 0.25) is 0 Å². The van der Waals surface area contributed by atoms with Crippen molar-refractivity contribution in [2.24, 2.45) is 0 Å².